The van der Waals surface area contributed by atoms with Crippen LogP contribution in [0.4, 0.5) is 11.5 Å². The number of carboxylic acid groups (broad SMARTS) is 1. The lowest BCUT2D eigenvalue weighted by Crippen LogP contribution is -2.55. The highest BCUT2D eigenvalue weighted by molar-refractivity contribution is 6.30. The van der Waals surface area contributed by atoms with Gasteiger partial charge in [0.15, 0.2) is 0 Å². The van der Waals surface area contributed by atoms with E-state index in [1.165, 1.54) is 17.2 Å². The van der Waals surface area contributed by atoms with Crippen molar-refractivity contribution in [1.29, 1.82) is 0 Å². The number of rotatable bonds is 3. The fraction of sp³-hybridized carbons (Fsp3) is 0.400. The molecule has 0 aliphatic carbocycles. The molecule has 1 fully saturated rings. The SMILES string of the molecule is O=C(O)C1CNCCN1c1ncc(Cl)cc1[N+](=O)[O-]. The Labute approximate surface area is 113 Å². The molecule has 19 heavy (non-hydrogen) atoms. The van der Waals surface area contributed by atoms with E-state index in [9.17, 15) is 14.9 Å². The molecule has 2 N–H and O–H groups in total. The molecule has 1 aromatic rings. The Morgan fingerprint density at radius 3 is 3.05 bits per heavy atom. The molecule has 1 aliphatic heterocycles. The first-order valence-corrected chi connectivity index (χ1v) is 5.88. The predicted octanol–water partition coefficient (Wildman–Crippen LogP) is 0.506. The summed E-state index contributed by atoms with van der Waals surface area (Å²) in [4.78, 5) is 26.9. The summed E-state index contributed by atoms with van der Waals surface area (Å²) in [5.74, 6) is -1.03. The maximum absolute atomic E-state index is 11.2. The average Bonchev–Trinajstić information content (AvgIpc) is 2.38. The van der Waals surface area contributed by atoms with E-state index in [1.54, 1.807) is 0 Å². The van der Waals surface area contributed by atoms with Crippen molar-refractivity contribution in [3.8, 4) is 0 Å². The Hall–Kier alpha value is -1.93. The summed E-state index contributed by atoms with van der Waals surface area (Å²) in [6.45, 7) is 1.06. The second kappa shape index (κ2) is 5.37. The van der Waals surface area contributed by atoms with Gasteiger partial charge in [0, 0.05) is 31.9 Å². The lowest BCUT2D eigenvalue weighted by molar-refractivity contribution is -0.384. The maximum atomic E-state index is 11.2. The van der Waals surface area contributed by atoms with Crippen LogP contribution in [0.15, 0.2) is 12.3 Å². The standard InChI is InChI=1S/C10H11ClN4O4/c11-6-3-7(15(18)19)9(13-4-6)14-2-1-12-5-8(14)10(16)17/h3-4,8,12H,1-2,5H2,(H,16,17). The van der Waals surface area contributed by atoms with Crippen LogP contribution in [0.25, 0.3) is 0 Å². The van der Waals surface area contributed by atoms with Crippen molar-refractivity contribution in [3.63, 3.8) is 0 Å². The normalized spacial score (nSPS) is 19.2. The predicted molar refractivity (Wildman–Crippen MR) is 67.5 cm³/mol. The Bertz CT molecular complexity index is 524. The van der Waals surface area contributed by atoms with E-state index in [2.05, 4.69) is 10.3 Å². The minimum atomic E-state index is -1.06. The molecule has 2 heterocycles. The van der Waals surface area contributed by atoms with Gasteiger partial charge in [-0.05, 0) is 0 Å². The minimum absolute atomic E-state index is 0.0308. The monoisotopic (exact) mass is 286 g/mol. The topological polar surface area (TPSA) is 109 Å². The number of aromatic nitrogens is 1. The molecule has 0 saturated carbocycles. The summed E-state index contributed by atoms with van der Waals surface area (Å²) in [6, 6.07) is 0.284. The zero-order valence-corrected chi connectivity index (χ0v) is 10.5. The lowest BCUT2D eigenvalue weighted by Gasteiger charge is -2.33. The number of nitrogens with one attached hydrogen (secondary N) is 1. The van der Waals surface area contributed by atoms with Gasteiger partial charge in [0.2, 0.25) is 5.82 Å². The van der Waals surface area contributed by atoms with Gasteiger partial charge in [0.1, 0.15) is 6.04 Å². The van der Waals surface area contributed by atoms with E-state index in [0.717, 1.165) is 0 Å². The van der Waals surface area contributed by atoms with Crippen LogP contribution in [0.5, 0.6) is 0 Å². The Morgan fingerprint density at radius 1 is 1.68 bits per heavy atom. The molecule has 2 rings (SSSR count). The number of carboxylic acids is 1. The average molecular weight is 287 g/mol. The van der Waals surface area contributed by atoms with Crippen molar-refractivity contribution in [2.24, 2.45) is 0 Å². The summed E-state index contributed by atoms with van der Waals surface area (Å²) in [6.07, 6.45) is 1.27. The number of anilines is 1. The van der Waals surface area contributed by atoms with Crippen LogP contribution in [-0.2, 0) is 4.79 Å². The molecule has 0 spiro atoms. The molecule has 8 nitrogen and oxygen atoms in total. The van der Waals surface area contributed by atoms with Gasteiger partial charge in [-0.3, -0.25) is 10.1 Å². The van der Waals surface area contributed by atoms with Crippen molar-refractivity contribution >= 4 is 29.1 Å². The third-order valence-electron chi connectivity index (χ3n) is 2.81. The number of piperazine rings is 1. The van der Waals surface area contributed by atoms with Crippen molar-refractivity contribution in [2.45, 2.75) is 6.04 Å². The molecular formula is C10H11ClN4O4. The fourth-order valence-corrected chi connectivity index (χ4v) is 2.11. The van der Waals surface area contributed by atoms with Crippen LogP contribution >= 0.6 is 11.6 Å². The number of pyridine rings is 1. The highest BCUT2D eigenvalue weighted by Crippen LogP contribution is 2.30. The van der Waals surface area contributed by atoms with Crippen LogP contribution in [0, 0.1) is 10.1 Å². The zero-order chi connectivity index (χ0) is 14.0. The maximum Gasteiger partial charge on any atom is 0.327 e. The Morgan fingerprint density at radius 2 is 2.42 bits per heavy atom. The van der Waals surface area contributed by atoms with Crippen LogP contribution in [0.2, 0.25) is 5.02 Å². The van der Waals surface area contributed by atoms with Gasteiger partial charge in [-0.15, -0.1) is 0 Å². The molecule has 0 amide bonds. The van der Waals surface area contributed by atoms with E-state index < -0.39 is 16.9 Å². The number of hydrogen-bond donors (Lipinski definition) is 2. The van der Waals surface area contributed by atoms with E-state index in [1.807, 2.05) is 0 Å². The highest BCUT2D eigenvalue weighted by atomic mass is 35.5. The minimum Gasteiger partial charge on any atom is -0.480 e. The summed E-state index contributed by atoms with van der Waals surface area (Å²) >= 11 is 5.68. The molecule has 1 aromatic heterocycles. The smallest absolute Gasteiger partial charge is 0.327 e. The molecule has 102 valence electrons. The quantitative estimate of drug-likeness (QED) is 0.615. The van der Waals surface area contributed by atoms with Crippen LogP contribution < -0.4 is 10.2 Å². The third kappa shape index (κ3) is 2.74. The van der Waals surface area contributed by atoms with Crippen LogP contribution in [0.1, 0.15) is 0 Å². The molecule has 1 unspecified atom stereocenters. The Balaban J connectivity index is 2.44. The number of hydrogen-bond acceptors (Lipinski definition) is 6. The molecule has 1 aliphatic rings. The second-order valence-electron chi connectivity index (χ2n) is 4.00. The van der Waals surface area contributed by atoms with Crippen molar-refractivity contribution in [1.82, 2.24) is 10.3 Å². The van der Waals surface area contributed by atoms with Gasteiger partial charge in [-0.25, -0.2) is 9.78 Å². The van der Waals surface area contributed by atoms with Crippen LogP contribution in [0.3, 0.4) is 0 Å². The first kappa shape index (κ1) is 13.5. The van der Waals surface area contributed by atoms with E-state index in [-0.39, 0.29) is 23.1 Å². The second-order valence-corrected chi connectivity index (χ2v) is 4.44. The van der Waals surface area contributed by atoms with Crippen LogP contribution in [-0.4, -0.2) is 46.7 Å². The number of aliphatic carboxylic acids is 1. The molecular weight excluding hydrogens is 276 g/mol. The van der Waals surface area contributed by atoms with Gasteiger partial charge in [-0.1, -0.05) is 11.6 Å². The van der Waals surface area contributed by atoms with E-state index in [4.69, 9.17) is 16.7 Å². The van der Waals surface area contributed by atoms with E-state index in [0.29, 0.717) is 13.1 Å². The molecule has 1 atom stereocenters. The third-order valence-corrected chi connectivity index (χ3v) is 3.02. The largest absolute Gasteiger partial charge is 0.480 e. The molecule has 0 radical (unpaired) electrons. The molecule has 0 bridgehead atoms. The van der Waals surface area contributed by atoms with Crippen molar-refractivity contribution < 1.29 is 14.8 Å². The zero-order valence-electron chi connectivity index (χ0n) is 9.74. The Kier molecular flexibility index (Phi) is 3.82. The lowest BCUT2D eigenvalue weighted by atomic mass is 10.2. The number of nitrogens with zero attached hydrogens (tertiary/aromatic N) is 3. The van der Waals surface area contributed by atoms with E-state index >= 15 is 0 Å². The first-order chi connectivity index (χ1) is 9.00. The highest BCUT2D eigenvalue weighted by Gasteiger charge is 2.33. The van der Waals surface area contributed by atoms with Gasteiger partial charge < -0.3 is 15.3 Å². The summed E-state index contributed by atoms with van der Waals surface area (Å²) in [5.41, 5.74) is -0.291. The van der Waals surface area contributed by atoms with Gasteiger partial charge in [-0.2, -0.15) is 0 Å². The fourth-order valence-electron chi connectivity index (χ4n) is 1.96. The summed E-state index contributed by atoms with van der Waals surface area (Å²) in [5, 5.41) is 23.2. The molecule has 9 heteroatoms. The van der Waals surface area contributed by atoms with Gasteiger partial charge >= 0.3 is 11.7 Å². The summed E-state index contributed by atoms with van der Waals surface area (Å²) in [7, 11) is 0. The molecule has 1 saturated heterocycles. The number of nitro groups is 1. The number of carbonyl (C=O) groups is 1. The van der Waals surface area contributed by atoms with Gasteiger partial charge in [0.25, 0.3) is 0 Å². The summed E-state index contributed by atoms with van der Waals surface area (Å²) < 4.78 is 0. The van der Waals surface area contributed by atoms with Crippen molar-refractivity contribution in [2.75, 3.05) is 24.5 Å². The van der Waals surface area contributed by atoms with Crippen molar-refractivity contribution in [3.05, 3.63) is 27.4 Å². The first-order valence-electron chi connectivity index (χ1n) is 5.51. The van der Waals surface area contributed by atoms with Gasteiger partial charge in [0.05, 0.1) is 9.95 Å². The molecule has 0 aromatic carbocycles. The number of halogens is 1.